The molecule has 2 heterocycles. The predicted molar refractivity (Wildman–Crippen MR) is 92.9 cm³/mol. The van der Waals surface area contributed by atoms with Crippen molar-refractivity contribution >= 4 is 20.9 Å². The van der Waals surface area contributed by atoms with Gasteiger partial charge in [0.1, 0.15) is 5.75 Å². The number of hydrogen-bond acceptors (Lipinski definition) is 4. The summed E-state index contributed by atoms with van der Waals surface area (Å²) < 4.78 is 32.7. The van der Waals surface area contributed by atoms with Crippen molar-refractivity contribution in [3.63, 3.8) is 0 Å². The first kappa shape index (κ1) is 15.2. The number of methoxy groups -OCH3 is 1. The molecule has 5 nitrogen and oxygen atoms in total. The number of fused-ring (bicyclic) bond motifs is 2. The van der Waals surface area contributed by atoms with Gasteiger partial charge in [0.2, 0.25) is 0 Å². The molecule has 1 aromatic heterocycles. The lowest BCUT2D eigenvalue weighted by atomic mass is 10.0. The zero-order chi connectivity index (χ0) is 16.7. The molecule has 0 saturated carbocycles. The minimum absolute atomic E-state index is 0.318. The summed E-state index contributed by atoms with van der Waals surface area (Å²) in [4.78, 5) is 0.318. The van der Waals surface area contributed by atoms with Crippen molar-refractivity contribution in [2.24, 2.45) is 0 Å². The van der Waals surface area contributed by atoms with Gasteiger partial charge in [-0.15, -0.1) is 0 Å². The van der Waals surface area contributed by atoms with Crippen molar-refractivity contribution < 1.29 is 13.2 Å². The highest BCUT2D eigenvalue weighted by atomic mass is 32.2. The fourth-order valence-corrected chi connectivity index (χ4v) is 4.57. The maximum atomic E-state index is 13.1. The van der Waals surface area contributed by atoms with Crippen LogP contribution in [0.5, 0.6) is 5.75 Å². The molecule has 124 valence electrons. The summed E-state index contributed by atoms with van der Waals surface area (Å²) in [6.45, 7) is 1.64. The highest BCUT2D eigenvalue weighted by molar-refractivity contribution is 7.90. The molecule has 0 atom stereocenters. The van der Waals surface area contributed by atoms with E-state index in [1.165, 1.54) is 9.54 Å². The van der Waals surface area contributed by atoms with Gasteiger partial charge in [-0.3, -0.25) is 0 Å². The molecule has 0 spiro atoms. The molecule has 2 aromatic carbocycles. The first-order valence-electron chi connectivity index (χ1n) is 7.83. The van der Waals surface area contributed by atoms with E-state index in [4.69, 9.17) is 4.74 Å². The topological polar surface area (TPSA) is 60.3 Å². The fourth-order valence-electron chi connectivity index (χ4n) is 3.16. The summed E-state index contributed by atoms with van der Waals surface area (Å²) in [7, 11) is -2.03. The molecular formula is C18H18N2O3S. The predicted octanol–water partition coefficient (Wildman–Crippen LogP) is 2.53. The van der Waals surface area contributed by atoms with Gasteiger partial charge in [0.05, 0.1) is 17.5 Å². The highest BCUT2D eigenvalue weighted by Crippen LogP contribution is 2.27. The van der Waals surface area contributed by atoms with Gasteiger partial charge in [0.15, 0.2) is 0 Å². The van der Waals surface area contributed by atoms with Crippen molar-refractivity contribution in [2.45, 2.75) is 17.9 Å². The number of hydrogen-bond donors (Lipinski definition) is 1. The molecule has 0 bridgehead atoms. The van der Waals surface area contributed by atoms with Crippen LogP contribution in [0.15, 0.2) is 53.6 Å². The number of aromatic nitrogens is 1. The Hall–Kier alpha value is -2.31. The molecule has 0 unspecified atom stereocenters. The van der Waals surface area contributed by atoms with E-state index in [2.05, 4.69) is 5.32 Å². The van der Waals surface area contributed by atoms with Gasteiger partial charge in [0.25, 0.3) is 10.0 Å². The van der Waals surface area contributed by atoms with Gasteiger partial charge in [-0.2, -0.15) is 0 Å². The number of nitrogens with zero attached hydrogens (tertiary/aromatic N) is 1. The third-order valence-electron chi connectivity index (χ3n) is 4.48. The van der Waals surface area contributed by atoms with Crippen LogP contribution in [0.4, 0.5) is 0 Å². The average Bonchev–Trinajstić information content (AvgIpc) is 3.05. The second-order valence-electron chi connectivity index (χ2n) is 5.90. The Kier molecular flexibility index (Phi) is 3.58. The van der Waals surface area contributed by atoms with Crippen LogP contribution >= 0.6 is 0 Å². The minimum Gasteiger partial charge on any atom is -0.497 e. The maximum Gasteiger partial charge on any atom is 0.268 e. The molecule has 1 aliphatic rings. The molecular weight excluding hydrogens is 324 g/mol. The van der Waals surface area contributed by atoms with Crippen LogP contribution in [0.25, 0.3) is 10.9 Å². The monoisotopic (exact) mass is 342 g/mol. The van der Waals surface area contributed by atoms with Gasteiger partial charge in [-0.25, -0.2) is 12.4 Å². The second-order valence-corrected chi connectivity index (χ2v) is 7.71. The minimum atomic E-state index is -3.63. The quantitative estimate of drug-likeness (QED) is 0.795. The molecule has 1 aliphatic heterocycles. The number of benzene rings is 2. The van der Waals surface area contributed by atoms with Crippen LogP contribution in [0.1, 0.15) is 11.1 Å². The van der Waals surface area contributed by atoms with E-state index in [1.807, 2.05) is 12.1 Å². The first-order valence-corrected chi connectivity index (χ1v) is 9.27. The zero-order valence-electron chi connectivity index (χ0n) is 13.3. The molecule has 0 amide bonds. The van der Waals surface area contributed by atoms with Crippen LogP contribution in [-0.2, 0) is 23.0 Å². The molecule has 0 radical (unpaired) electrons. The van der Waals surface area contributed by atoms with Crippen molar-refractivity contribution in [1.82, 2.24) is 9.29 Å². The van der Waals surface area contributed by atoms with E-state index in [0.29, 0.717) is 22.7 Å². The van der Waals surface area contributed by atoms with Gasteiger partial charge >= 0.3 is 0 Å². The standard InChI is InChI=1S/C18H18N2O3S/c1-23-16-3-5-18-14(10-16)7-9-20(18)24(21,22)17-4-2-13-6-8-19-12-15(13)11-17/h2-5,7,9-11,19H,6,8,12H2,1H3. The summed E-state index contributed by atoms with van der Waals surface area (Å²) in [5.74, 6) is 0.706. The summed E-state index contributed by atoms with van der Waals surface area (Å²) in [6, 6.07) is 12.6. The lowest BCUT2D eigenvalue weighted by Crippen LogP contribution is -2.24. The van der Waals surface area contributed by atoms with Gasteiger partial charge < -0.3 is 10.1 Å². The Morgan fingerprint density at radius 1 is 1.08 bits per heavy atom. The fraction of sp³-hybridized carbons (Fsp3) is 0.222. The molecule has 0 saturated heterocycles. The second kappa shape index (κ2) is 5.65. The van der Waals surface area contributed by atoms with E-state index in [-0.39, 0.29) is 0 Å². The van der Waals surface area contributed by atoms with E-state index in [0.717, 1.165) is 23.9 Å². The van der Waals surface area contributed by atoms with Crippen molar-refractivity contribution in [2.75, 3.05) is 13.7 Å². The van der Waals surface area contributed by atoms with Crippen molar-refractivity contribution in [1.29, 1.82) is 0 Å². The van der Waals surface area contributed by atoms with Crippen molar-refractivity contribution in [3.8, 4) is 5.75 Å². The van der Waals surface area contributed by atoms with E-state index >= 15 is 0 Å². The molecule has 0 fully saturated rings. The molecule has 0 aliphatic carbocycles. The summed E-state index contributed by atoms with van der Waals surface area (Å²) >= 11 is 0. The molecule has 24 heavy (non-hydrogen) atoms. The van der Waals surface area contributed by atoms with E-state index in [9.17, 15) is 8.42 Å². The van der Waals surface area contributed by atoms with Crippen LogP contribution in [0.3, 0.4) is 0 Å². The molecule has 3 aromatic rings. The Labute approximate surface area is 140 Å². The van der Waals surface area contributed by atoms with Crippen LogP contribution in [0, 0.1) is 0 Å². The lowest BCUT2D eigenvalue weighted by molar-refractivity contribution is 0.415. The van der Waals surface area contributed by atoms with Crippen LogP contribution in [-0.4, -0.2) is 26.0 Å². The summed E-state index contributed by atoms with van der Waals surface area (Å²) in [5.41, 5.74) is 2.92. The Morgan fingerprint density at radius 2 is 1.96 bits per heavy atom. The number of rotatable bonds is 3. The Balaban J connectivity index is 1.83. The first-order chi connectivity index (χ1) is 11.6. The van der Waals surface area contributed by atoms with Gasteiger partial charge in [0, 0.05) is 18.1 Å². The zero-order valence-corrected chi connectivity index (χ0v) is 14.1. The Morgan fingerprint density at radius 3 is 2.79 bits per heavy atom. The normalized spacial score (nSPS) is 14.5. The SMILES string of the molecule is COc1ccc2c(ccn2S(=O)(=O)c2ccc3c(c2)CNCC3)c1. The van der Waals surface area contributed by atoms with Crippen LogP contribution in [0.2, 0.25) is 0 Å². The molecule has 6 heteroatoms. The van der Waals surface area contributed by atoms with Gasteiger partial charge in [-0.1, -0.05) is 6.07 Å². The van der Waals surface area contributed by atoms with Crippen molar-refractivity contribution in [3.05, 3.63) is 59.8 Å². The highest BCUT2D eigenvalue weighted by Gasteiger charge is 2.21. The maximum absolute atomic E-state index is 13.1. The molecule has 4 rings (SSSR count). The van der Waals surface area contributed by atoms with Gasteiger partial charge in [-0.05, 0) is 60.5 Å². The largest absolute Gasteiger partial charge is 0.497 e. The summed E-state index contributed by atoms with van der Waals surface area (Å²) in [6.07, 6.45) is 2.53. The van der Waals surface area contributed by atoms with E-state index < -0.39 is 10.0 Å². The lowest BCUT2D eigenvalue weighted by Gasteiger charge is -2.18. The smallest absolute Gasteiger partial charge is 0.268 e. The average molecular weight is 342 g/mol. The Bertz CT molecular complexity index is 1020. The number of ether oxygens (including phenoxy) is 1. The third kappa shape index (κ3) is 2.39. The third-order valence-corrected chi connectivity index (χ3v) is 6.17. The molecule has 1 N–H and O–H groups in total. The summed E-state index contributed by atoms with van der Waals surface area (Å²) in [5, 5.41) is 4.11. The number of nitrogens with one attached hydrogen (secondary N) is 1. The van der Waals surface area contributed by atoms with Crippen LogP contribution < -0.4 is 10.1 Å². The van der Waals surface area contributed by atoms with E-state index in [1.54, 1.807) is 43.6 Å².